The van der Waals surface area contributed by atoms with E-state index < -0.39 is 12.0 Å². The van der Waals surface area contributed by atoms with Crippen molar-refractivity contribution in [1.29, 1.82) is 0 Å². The van der Waals surface area contributed by atoms with Gasteiger partial charge in [0, 0.05) is 25.9 Å². The monoisotopic (exact) mass is 299 g/mol. The van der Waals surface area contributed by atoms with E-state index in [2.05, 4.69) is 15.9 Å². The smallest absolute Gasteiger partial charge is 0.320 e. The van der Waals surface area contributed by atoms with Crippen LogP contribution in [0.4, 0.5) is 0 Å². The van der Waals surface area contributed by atoms with Gasteiger partial charge in [-0.05, 0) is 22.0 Å². The summed E-state index contributed by atoms with van der Waals surface area (Å²) in [6, 6.07) is 7.10. The van der Waals surface area contributed by atoms with Gasteiger partial charge in [-0.2, -0.15) is 0 Å². The Balaban J connectivity index is 2.38. The first kappa shape index (κ1) is 11.6. The van der Waals surface area contributed by atoms with Gasteiger partial charge in [0.25, 0.3) is 0 Å². The van der Waals surface area contributed by atoms with Crippen LogP contribution in [0.2, 0.25) is 0 Å². The zero-order chi connectivity index (χ0) is 11.7. The zero-order valence-corrected chi connectivity index (χ0v) is 10.7. The van der Waals surface area contributed by atoms with Crippen molar-refractivity contribution in [2.24, 2.45) is 5.73 Å². The molecule has 0 radical (unpaired) electrons. The van der Waals surface area contributed by atoms with Crippen LogP contribution < -0.4 is 5.73 Å². The van der Waals surface area contributed by atoms with Crippen LogP contribution in [0.15, 0.2) is 28.7 Å². The number of hydrogen-bond donors (Lipinski definition) is 2. The minimum absolute atomic E-state index is 0.356. The summed E-state index contributed by atoms with van der Waals surface area (Å²) in [5, 5.41) is 9.88. The summed E-state index contributed by atoms with van der Waals surface area (Å²) in [7, 11) is 0. The van der Waals surface area contributed by atoms with Gasteiger partial charge < -0.3 is 10.8 Å². The number of carboxylic acid groups (broad SMARTS) is 1. The molecule has 0 spiro atoms. The van der Waals surface area contributed by atoms with E-state index in [9.17, 15) is 4.79 Å². The number of carbonyl (C=O) groups is 1. The molecule has 1 aromatic carbocycles. The minimum atomic E-state index is -0.968. The molecule has 0 fully saturated rings. The first-order valence-electron chi connectivity index (χ1n) is 4.74. The molecule has 3 nitrogen and oxygen atoms in total. The second kappa shape index (κ2) is 4.53. The number of nitrogens with two attached hydrogens (primary N) is 1. The van der Waals surface area contributed by atoms with E-state index in [0.29, 0.717) is 6.42 Å². The van der Waals surface area contributed by atoms with E-state index in [1.807, 2.05) is 24.3 Å². The molecule has 0 saturated carbocycles. The molecule has 1 atom stereocenters. The van der Waals surface area contributed by atoms with Crippen molar-refractivity contribution in [2.75, 3.05) is 0 Å². The van der Waals surface area contributed by atoms with Gasteiger partial charge in [0.15, 0.2) is 0 Å². The quantitative estimate of drug-likeness (QED) is 0.916. The Morgan fingerprint density at radius 1 is 1.50 bits per heavy atom. The molecular weight excluding hydrogens is 290 g/mol. The fourth-order valence-electron chi connectivity index (χ4n) is 1.48. The third-order valence-electron chi connectivity index (χ3n) is 2.32. The number of rotatable bonds is 3. The third kappa shape index (κ3) is 2.11. The summed E-state index contributed by atoms with van der Waals surface area (Å²) in [6.07, 6.45) is 0.356. The summed E-state index contributed by atoms with van der Waals surface area (Å²) in [5.41, 5.74) is 5.53. The Morgan fingerprint density at radius 2 is 2.19 bits per heavy atom. The first-order chi connectivity index (χ1) is 7.59. The van der Waals surface area contributed by atoms with Crippen molar-refractivity contribution < 1.29 is 9.90 Å². The van der Waals surface area contributed by atoms with Crippen molar-refractivity contribution in [2.45, 2.75) is 12.5 Å². The van der Waals surface area contributed by atoms with E-state index >= 15 is 0 Å². The molecule has 0 aliphatic carbocycles. The van der Waals surface area contributed by atoms with Gasteiger partial charge in [-0.1, -0.05) is 18.2 Å². The summed E-state index contributed by atoms with van der Waals surface area (Å²) in [4.78, 5) is 11.7. The molecule has 0 saturated heterocycles. The lowest BCUT2D eigenvalue weighted by molar-refractivity contribution is -0.138. The highest BCUT2D eigenvalue weighted by Crippen LogP contribution is 2.35. The largest absolute Gasteiger partial charge is 0.480 e. The Hall–Kier alpha value is -0.910. The maximum absolute atomic E-state index is 10.7. The second-order valence-corrected chi connectivity index (χ2v) is 5.41. The average Bonchev–Trinajstić information content (AvgIpc) is 2.56. The summed E-state index contributed by atoms with van der Waals surface area (Å²) in [5.74, 6) is -0.968. The van der Waals surface area contributed by atoms with Gasteiger partial charge in [-0.3, -0.25) is 4.79 Å². The molecule has 3 N–H and O–H groups in total. The first-order valence-corrected chi connectivity index (χ1v) is 6.35. The zero-order valence-electron chi connectivity index (χ0n) is 8.31. The molecule has 0 bridgehead atoms. The minimum Gasteiger partial charge on any atom is -0.480 e. The Bertz CT molecular complexity index is 538. The second-order valence-electron chi connectivity index (χ2n) is 3.48. The molecule has 0 aliphatic rings. The number of fused-ring (bicyclic) bond motifs is 1. The molecule has 2 aromatic rings. The molecule has 84 valence electrons. The highest BCUT2D eigenvalue weighted by Gasteiger charge is 2.17. The summed E-state index contributed by atoms with van der Waals surface area (Å²) < 4.78 is 2.10. The van der Waals surface area contributed by atoms with Crippen LogP contribution in [-0.2, 0) is 11.2 Å². The predicted octanol–water partition coefficient (Wildman–Crippen LogP) is 2.62. The van der Waals surface area contributed by atoms with Crippen LogP contribution in [0.3, 0.4) is 0 Å². The lowest BCUT2D eigenvalue weighted by atomic mass is 10.2. The molecule has 1 unspecified atom stereocenters. The van der Waals surface area contributed by atoms with Gasteiger partial charge in [0.05, 0.1) is 0 Å². The highest BCUT2D eigenvalue weighted by atomic mass is 79.9. The fourth-order valence-corrected chi connectivity index (χ4v) is 3.52. The number of halogens is 1. The maximum Gasteiger partial charge on any atom is 0.320 e. The molecule has 5 heteroatoms. The van der Waals surface area contributed by atoms with Crippen LogP contribution in [0.1, 0.15) is 4.88 Å². The molecule has 16 heavy (non-hydrogen) atoms. The fraction of sp³-hybridized carbons (Fsp3) is 0.182. The van der Waals surface area contributed by atoms with Crippen LogP contribution in [0, 0.1) is 0 Å². The molecular formula is C11H10BrNO2S. The Labute approximate surface area is 105 Å². The average molecular weight is 300 g/mol. The van der Waals surface area contributed by atoms with Crippen LogP contribution in [0.5, 0.6) is 0 Å². The van der Waals surface area contributed by atoms with E-state index in [0.717, 1.165) is 19.4 Å². The van der Waals surface area contributed by atoms with Crippen LogP contribution in [-0.4, -0.2) is 17.1 Å². The third-order valence-corrected chi connectivity index (χ3v) is 4.69. The number of hydrogen-bond acceptors (Lipinski definition) is 3. The number of benzene rings is 1. The number of thiophene rings is 1. The van der Waals surface area contributed by atoms with Gasteiger partial charge in [0.1, 0.15) is 6.04 Å². The van der Waals surface area contributed by atoms with Gasteiger partial charge in [-0.25, -0.2) is 0 Å². The van der Waals surface area contributed by atoms with Crippen molar-refractivity contribution in [3.8, 4) is 0 Å². The highest BCUT2D eigenvalue weighted by molar-refractivity contribution is 9.10. The Kier molecular flexibility index (Phi) is 3.28. The van der Waals surface area contributed by atoms with E-state index in [-0.39, 0.29) is 0 Å². The maximum atomic E-state index is 10.7. The van der Waals surface area contributed by atoms with Crippen molar-refractivity contribution in [1.82, 2.24) is 0 Å². The lowest BCUT2D eigenvalue weighted by Gasteiger charge is -2.03. The van der Waals surface area contributed by atoms with Gasteiger partial charge >= 0.3 is 5.97 Å². The van der Waals surface area contributed by atoms with E-state index in [1.165, 1.54) is 0 Å². The Morgan fingerprint density at radius 3 is 2.81 bits per heavy atom. The van der Waals surface area contributed by atoms with Gasteiger partial charge in [-0.15, -0.1) is 11.3 Å². The lowest BCUT2D eigenvalue weighted by Crippen LogP contribution is -2.31. The topological polar surface area (TPSA) is 63.3 Å². The SMILES string of the molecule is NC(Cc1sc2ccccc2c1Br)C(=O)O. The van der Waals surface area contributed by atoms with Crippen LogP contribution in [0.25, 0.3) is 10.1 Å². The van der Waals surface area contributed by atoms with Crippen molar-refractivity contribution in [3.63, 3.8) is 0 Å². The van der Waals surface area contributed by atoms with E-state index in [1.54, 1.807) is 11.3 Å². The molecule has 1 heterocycles. The normalized spacial score (nSPS) is 12.9. The number of aliphatic carboxylic acids is 1. The predicted molar refractivity (Wildman–Crippen MR) is 68.8 cm³/mol. The molecule has 2 rings (SSSR count). The van der Waals surface area contributed by atoms with Gasteiger partial charge in [0.2, 0.25) is 0 Å². The molecule has 1 aromatic heterocycles. The van der Waals surface area contributed by atoms with E-state index in [4.69, 9.17) is 10.8 Å². The standard InChI is InChI=1S/C11H10BrNO2S/c12-10-6-3-1-2-4-8(6)16-9(10)5-7(13)11(14)15/h1-4,7H,5,13H2,(H,14,15). The molecule has 0 amide bonds. The summed E-state index contributed by atoms with van der Waals surface area (Å²) >= 11 is 5.07. The van der Waals surface area contributed by atoms with Crippen LogP contribution >= 0.6 is 27.3 Å². The number of carboxylic acids is 1. The molecule has 0 aliphatic heterocycles. The van der Waals surface area contributed by atoms with Crippen molar-refractivity contribution >= 4 is 43.3 Å². The summed E-state index contributed by atoms with van der Waals surface area (Å²) in [6.45, 7) is 0. The van der Waals surface area contributed by atoms with Crippen molar-refractivity contribution in [3.05, 3.63) is 33.6 Å².